The van der Waals surface area contributed by atoms with Crippen molar-refractivity contribution in [1.29, 1.82) is 0 Å². The Hall–Kier alpha value is -1.38. The van der Waals surface area contributed by atoms with Crippen molar-refractivity contribution in [3.63, 3.8) is 0 Å². The lowest BCUT2D eigenvalue weighted by Crippen LogP contribution is -2.13. The second-order valence-electron chi connectivity index (χ2n) is 5.14. The Bertz CT molecular complexity index is 436. The molecule has 1 aliphatic carbocycles. The topological polar surface area (TPSA) is 39.2 Å². The number of hydrogen-bond acceptors (Lipinski definition) is 3. The van der Waals surface area contributed by atoms with E-state index in [1.165, 1.54) is 32.1 Å². The van der Waals surface area contributed by atoms with Crippen molar-refractivity contribution in [2.24, 2.45) is 0 Å². The van der Waals surface area contributed by atoms with Crippen LogP contribution in [0.3, 0.4) is 0 Å². The molecule has 2 rings (SSSR count). The Morgan fingerprint density at radius 2 is 2.00 bits per heavy atom. The number of rotatable bonds is 4. The Balaban J connectivity index is 2.22. The largest absolute Gasteiger partial charge is 0.462 e. The monoisotopic (exact) mass is 261 g/mol. The van der Waals surface area contributed by atoms with Crippen LogP contribution in [0.5, 0.6) is 0 Å². The number of aryl methyl sites for hydroxylation is 1. The summed E-state index contributed by atoms with van der Waals surface area (Å²) in [6.45, 7) is 4.27. The van der Waals surface area contributed by atoms with Crippen LogP contribution in [0.2, 0.25) is 0 Å². The lowest BCUT2D eigenvalue weighted by molar-refractivity contribution is 0.0524. The maximum Gasteiger partial charge on any atom is 0.339 e. The van der Waals surface area contributed by atoms with E-state index in [9.17, 15) is 4.79 Å². The van der Waals surface area contributed by atoms with E-state index >= 15 is 0 Å². The molecule has 1 saturated carbocycles. The quantitative estimate of drug-likeness (QED) is 0.772. The van der Waals surface area contributed by atoms with Crippen LogP contribution in [0.15, 0.2) is 12.1 Å². The number of esters is 1. The van der Waals surface area contributed by atoms with Gasteiger partial charge in [0, 0.05) is 11.6 Å². The standard InChI is InChI=1S/C16H23NO2/c1-3-14-13(16(18)19-4-2)10-11-15(17-14)12-8-6-5-7-9-12/h10-12H,3-9H2,1-2H3. The van der Waals surface area contributed by atoms with Gasteiger partial charge in [-0.05, 0) is 38.3 Å². The van der Waals surface area contributed by atoms with Gasteiger partial charge in [0.15, 0.2) is 0 Å². The fourth-order valence-corrected chi connectivity index (χ4v) is 2.81. The molecule has 1 aromatic rings. The highest BCUT2D eigenvalue weighted by Crippen LogP contribution is 2.32. The summed E-state index contributed by atoms with van der Waals surface area (Å²) in [6.07, 6.45) is 7.18. The first kappa shape index (κ1) is 14.0. The van der Waals surface area contributed by atoms with Gasteiger partial charge in [0.05, 0.1) is 17.9 Å². The van der Waals surface area contributed by atoms with Gasteiger partial charge in [-0.2, -0.15) is 0 Å². The summed E-state index contributed by atoms with van der Waals surface area (Å²) in [4.78, 5) is 16.6. The summed E-state index contributed by atoms with van der Waals surface area (Å²) >= 11 is 0. The molecule has 1 aromatic heterocycles. The van der Waals surface area contributed by atoms with Gasteiger partial charge in [-0.1, -0.05) is 26.2 Å². The third-order valence-electron chi connectivity index (χ3n) is 3.85. The van der Waals surface area contributed by atoms with Crippen LogP contribution in [-0.2, 0) is 11.2 Å². The van der Waals surface area contributed by atoms with Crippen LogP contribution < -0.4 is 0 Å². The molecule has 0 atom stereocenters. The maximum atomic E-state index is 11.8. The first-order chi connectivity index (χ1) is 9.26. The number of hydrogen-bond donors (Lipinski definition) is 0. The molecule has 19 heavy (non-hydrogen) atoms. The molecule has 3 heteroatoms. The summed E-state index contributed by atoms with van der Waals surface area (Å²) in [6, 6.07) is 3.91. The molecular formula is C16H23NO2. The lowest BCUT2D eigenvalue weighted by atomic mass is 9.86. The minimum Gasteiger partial charge on any atom is -0.462 e. The van der Waals surface area contributed by atoms with E-state index in [-0.39, 0.29) is 5.97 Å². The van der Waals surface area contributed by atoms with Crippen molar-refractivity contribution in [2.75, 3.05) is 6.61 Å². The predicted molar refractivity (Wildman–Crippen MR) is 75.4 cm³/mol. The van der Waals surface area contributed by atoms with E-state index in [1.54, 1.807) is 0 Å². The van der Waals surface area contributed by atoms with E-state index in [4.69, 9.17) is 9.72 Å². The number of carbonyl (C=O) groups excluding carboxylic acids is 1. The van der Waals surface area contributed by atoms with Crippen LogP contribution in [-0.4, -0.2) is 17.6 Å². The average molecular weight is 261 g/mol. The van der Waals surface area contributed by atoms with Gasteiger partial charge in [-0.25, -0.2) is 4.79 Å². The van der Waals surface area contributed by atoms with Gasteiger partial charge in [0.1, 0.15) is 0 Å². The van der Waals surface area contributed by atoms with E-state index in [2.05, 4.69) is 0 Å². The molecule has 0 bridgehead atoms. The highest BCUT2D eigenvalue weighted by atomic mass is 16.5. The van der Waals surface area contributed by atoms with Crippen molar-refractivity contribution in [3.05, 3.63) is 29.1 Å². The molecule has 0 amide bonds. The summed E-state index contributed by atoms with van der Waals surface area (Å²) in [5.41, 5.74) is 2.66. The highest BCUT2D eigenvalue weighted by Gasteiger charge is 2.19. The second-order valence-corrected chi connectivity index (χ2v) is 5.14. The van der Waals surface area contributed by atoms with Crippen LogP contribution in [0, 0.1) is 0 Å². The van der Waals surface area contributed by atoms with Crippen LogP contribution >= 0.6 is 0 Å². The molecule has 104 valence electrons. The molecule has 0 aliphatic heterocycles. The molecule has 0 aromatic carbocycles. The summed E-state index contributed by atoms with van der Waals surface area (Å²) in [7, 11) is 0. The number of ether oxygens (including phenoxy) is 1. The number of pyridine rings is 1. The third-order valence-corrected chi connectivity index (χ3v) is 3.85. The summed E-state index contributed by atoms with van der Waals surface area (Å²) < 4.78 is 5.08. The van der Waals surface area contributed by atoms with Gasteiger partial charge >= 0.3 is 5.97 Å². The Labute approximate surface area is 115 Å². The minimum absolute atomic E-state index is 0.248. The zero-order valence-corrected chi connectivity index (χ0v) is 11.9. The molecule has 0 saturated heterocycles. The van der Waals surface area contributed by atoms with E-state index in [0.717, 1.165) is 17.8 Å². The van der Waals surface area contributed by atoms with Gasteiger partial charge in [0.25, 0.3) is 0 Å². The smallest absolute Gasteiger partial charge is 0.339 e. The molecule has 0 N–H and O–H groups in total. The van der Waals surface area contributed by atoms with Crippen molar-refractivity contribution in [1.82, 2.24) is 4.98 Å². The van der Waals surface area contributed by atoms with Gasteiger partial charge in [0.2, 0.25) is 0 Å². The van der Waals surface area contributed by atoms with Gasteiger partial charge < -0.3 is 4.74 Å². The molecule has 3 nitrogen and oxygen atoms in total. The average Bonchev–Trinajstić information content (AvgIpc) is 2.47. The van der Waals surface area contributed by atoms with E-state index < -0.39 is 0 Å². The number of aromatic nitrogens is 1. The zero-order valence-electron chi connectivity index (χ0n) is 11.9. The predicted octanol–water partition coefficient (Wildman–Crippen LogP) is 3.87. The first-order valence-electron chi connectivity index (χ1n) is 7.43. The first-order valence-corrected chi connectivity index (χ1v) is 7.43. The van der Waals surface area contributed by atoms with Crippen molar-refractivity contribution in [2.45, 2.75) is 58.3 Å². The fourth-order valence-electron chi connectivity index (χ4n) is 2.81. The molecule has 0 radical (unpaired) electrons. The fraction of sp³-hybridized carbons (Fsp3) is 0.625. The Morgan fingerprint density at radius 3 is 2.63 bits per heavy atom. The van der Waals surface area contributed by atoms with Crippen molar-refractivity contribution >= 4 is 5.97 Å². The number of carbonyl (C=O) groups is 1. The molecular weight excluding hydrogens is 238 g/mol. The molecule has 1 aliphatic rings. The zero-order chi connectivity index (χ0) is 13.7. The molecule has 0 unspecified atom stereocenters. The molecule has 0 spiro atoms. The van der Waals surface area contributed by atoms with Crippen LogP contribution in [0.1, 0.15) is 73.6 Å². The van der Waals surface area contributed by atoms with Crippen LogP contribution in [0.25, 0.3) is 0 Å². The van der Waals surface area contributed by atoms with E-state index in [1.807, 2.05) is 26.0 Å². The third kappa shape index (κ3) is 3.34. The highest BCUT2D eigenvalue weighted by molar-refractivity contribution is 5.90. The normalized spacial score (nSPS) is 16.3. The molecule has 1 fully saturated rings. The molecule has 1 heterocycles. The number of nitrogens with zero attached hydrogens (tertiary/aromatic N) is 1. The Kier molecular flexibility index (Phi) is 4.94. The van der Waals surface area contributed by atoms with Gasteiger partial charge in [-0.3, -0.25) is 4.98 Å². The maximum absolute atomic E-state index is 11.8. The summed E-state index contributed by atoms with van der Waals surface area (Å²) in [5.74, 6) is 0.331. The van der Waals surface area contributed by atoms with Crippen LogP contribution in [0.4, 0.5) is 0 Å². The second kappa shape index (κ2) is 6.69. The van der Waals surface area contributed by atoms with E-state index in [0.29, 0.717) is 18.1 Å². The van der Waals surface area contributed by atoms with Crippen molar-refractivity contribution in [3.8, 4) is 0 Å². The Morgan fingerprint density at radius 1 is 1.26 bits per heavy atom. The lowest BCUT2D eigenvalue weighted by Gasteiger charge is -2.22. The summed E-state index contributed by atoms with van der Waals surface area (Å²) in [5, 5.41) is 0. The minimum atomic E-state index is -0.248. The van der Waals surface area contributed by atoms with Crippen molar-refractivity contribution < 1.29 is 9.53 Å². The SMILES string of the molecule is CCOC(=O)c1ccc(C2CCCCC2)nc1CC. The van der Waals surface area contributed by atoms with Gasteiger partial charge in [-0.15, -0.1) is 0 Å².